The van der Waals surface area contributed by atoms with Gasteiger partial charge in [0, 0.05) is 0 Å². The Morgan fingerprint density at radius 1 is 1.35 bits per heavy atom. The summed E-state index contributed by atoms with van der Waals surface area (Å²) < 4.78 is 1.70. The highest BCUT2D eigenvalue weighted by molar-refractivity contribution is 8.00. The number of carboxylic acids is 1. The third-order valence-corrected chi connectivity index (χ3v) is 4.25. The van der Waals surface area contributed by atoms with Crippen molar-refractivity contribution in [1.29, 1.82) is 0 Å². The van der Waals surface area contributed by atoms with E-state index in [1.807, 2.05) is 25.1 Å². The van der Waals surface area contributed by atoms with Crippen molar-refractivity contribution in [3.63, 3.8) is 0 Å². The molecule has 1 aromatic heterocycles. The number of aromatic nitrogens is 2. The van der Waals surface area contributed by atoms with Gasteiger partial charge in [-0.2, -0.15) is 5.10 Å². The number of benzene rings is 1. The maximum atomic E-state index is 11.9. The topological polar surface area (TPSA) is 84.2 Å². The lowest BCUT2D eigenvalue weighted by Gasteiger charge is -2.10. The number of nitrogens with zero attached hydrogens (tertiary/aromatic N) is 2. The third kappa shape index (κ3) is 4.49. The van der Waals surface area contributed by atoms with Crippen LogP contribution in [0.5, 0.6) is 0 Å². The van der Waals surface area contributed by atoms with Crippen molar-refractivity contribution < 1.29 is 14.7 Å². The maximum Gasteiger partial charge on any atom is 0.313 e. The maximum absolute atomic E-state index is 11.9. The van der Waals surface area contributed by atoms with Crippen LogP contribution >= 0.6 is 23.4 Å². The number of anilines is 1. The van der Waals surface area contributed by atoms with Gasteiger partial charge in [0.2, 0.25) is 5.91 Å². The standard InChI is InChI=1S/C15H16ClN3O3S/c1-2-12-11(18-14(20)8-23-9-15(21)22)7-17-19(12)13-6-4-3-5-10(13)16/h3-7H,2,8-9H2,1H3,(H,18,20)(H,21,22). The van der Waals surface area contributed by atoms with Crippen LogP contribution in [0.3, 0.4) is 0 Å². The molecule has 0 bridgehead atoms. The largest absolute Gasteiger partial charge is 0.481 e. The molecule has 2 aromatic rings. The predicted molar refractivity (Wildman–Crippen MR) is 91.5 cm³/mol. The van der Waals surface area contributed by atoms with Gasteiger partial charge in [0.05, 0.1) is 39.8 Å². The van der Waals surface area contributed by atoms with E-state index in [0.717, 1.165) is 23.1 Å². The summed E-state index contributed by atoms with van der Waals surface area (Å²) in [6, 6.07) is 7.33. The summed E-state index contributed by atoms with van der Waals surface area (Å²) in [5, 5.41) is 16.2. The lowest BCUT2D eigenvalue weighted by molar-refractivity contribution is -0.133. The lowest BCUT2D eigenvalue weighted by atomic mass is 10.2. The third-order valence-electron chi connectivity index (χ3n) is 3.02. The number of carbonyl (C=O) groups is 2. The van der Waals surface area contributed by atoms with Gasteiger partial charge < -0.3 is 10.4 Å². The molecule has 0 aliphatic carbocycles. The van der Waals surface area contributed by atoms with Crippen LogP contribution in [0.2, 0.25) is 5.02 Å². The van der Waals surface area contributed by atoms with Gasteiger partial charge in [0.1, 0.15) is 0 Å². The van der Waals surface area contributed by atoms with E-state index < -0.39 is 5.97 Å². The van der Waals surface area contributed by atoms with E-state index in [1.165, 1.54) is 0 Å². The quantitative estimate of drug-likeness (QED) is 0.799. The Balaban J connectivity index is 2.14. The Hall–Kier alpha value is -1.99. The average Bonchev–Trinajstić information content (AvgIpc) is 2.89. The van der Waals surface area contributed by atoms with Crippen molar-refractivity contribution in [3.8, 4) is 5.69 Å². The van der Waals surface area contributed by atoms with Gasteiger partial charge >= 0.3 is 5.97 Å². The Morgan fingerprint density at radius 2 is 2.09 bits per heavy atom. The van der Waals surface area contributed by atoms with Crippen molar-refractivity contribution in [2.45, 2.75) is 13.3 Å². The highest BCUT2D eigenvalue weighted by Gasteiger charge is 2.15. The van der Waals surface area contributed by atoms with Crippen LogP contribution < -0.4 is 5.32 Å². The fourth-order valence-corrected chi connectivity index (χ4v) is 2.82. The molecule has 0 aliphatic rings. The summed E-state index contributed by atoms with van der Waals surface area (Å²) in [7, 11) is 0. The second-order valence-corrected chi connectivity index (χ2v) is 6.05. The van der Waals surface area contributed by atoms with Crippen LogP contribution in [0.1, 0.15) is 12.6 Å². The zero-order chi connectivity index (χ0) is 16.8. The van der Waals surface area contributed by atoms with Crippen molar-refractivity contribution in [2.75, 3.05) is 16.8 Å². The Bertz CT molecular complexity index is 718. The van der Waals surface area contributed by atoms with Crippen molar-refractivity contribution in [3.05, 3.63) is 41.2 Å². The summed E-state index contributed by atoms with van der Waals surface area (Å²) in [6.45, 7) is 1.96. The second kappa shape index (κ2) is 8.03. The molecule has 0 unspecified atom stereocenters. The molecule has 1 amide bonds. The summed E-state index contributed by atoms with van der Waals surface area (Å²) in [4.78, 5) is 22.3. The fraction of sp³-hybridized carbons (Fsp3) is 0.267. The van der Waals surface area contributed by atoms with Crippen LogP contribution in [0.25, 0.3) is 5.69 Å². The van der Waals surface area contributed by atoms with Gasteiger partial charge in [-0.1, -0.05) is 30.7 Å². The van der Waals surface area contributed by atoms with Crippen LogP contribution in [0.15, 0.2) is 30.5 Å². The number of para-hydroxylation sites is 1. The number of hydrogen-bond acceptors (Lipinski definition) is 4. The number of carboxylic acid groups (broad SMARTS) is 1. The van der Waals surface area contributed by atoms with E-state index in [1.54, 1.807) is 16.9 Å². The molecule has 0 radical (unpaired) electrons. The monoisotopic (exact) mass is 353 g/mol. The first-order valence-electron chi connectivity index (χ1n) is 6.94. The molecule has 122 valence electrons. The van der Waals surface area contributed by atoms with Gasteiger partial charge in [-0.3, -0.25) is 9.59 Å². The number of nitrogens with one attached hydrogen (secondary N) is 1. The molecular weight excluding hydrogens is 338 g/mol. The number of hydrogen-bond donors (Lipinski definition) is 2. The van der Waals surface area contributed by atoms with E-state index in [2.05, 4.69) is 10.4 Å². The van der Waals surface area contributed by atoms with Gasteiger partial charge in [-0.25, -0.2) is 4.68 Å². The van der Waals surface area contributed by atoms with Gasteiger partial charge in [-0.05, 0) is 18.6 Å². The molecule has 0 saturated carbocycles. The van der Waals surface area contributed by atoms with E-state index >= 15 is 0 Å². The summed E-state index contributed by atoms with van der Waals surface area (Å²) in [5.74, 6) is -1.23. The predicted octanol–water partition coefficient (Wildman–Crippen LogP) is 2.84. The number of amides is 1. The molecule has 1 heterocycles. The van der Waals surface area contributed by atoms with Gasteiger partial charge in [0.25, 0.3) is 0 Å². The van der Waals surface area contributed by atoms with E-state index in [4.69, 9.17) is 16.7 Å². The number of carbonyl (C=O) groups excluding carboxylic acids is 1. The van der Waals surface area contributed by atoms with Crippen LogP contribution in [-0.4, -0.2) is 38.3 Å². The summed E-state index contributed by atoms with van der Waals surface area (Å²) in [5.41, 5.74) is 2.18. The Morgan fingerprint density at radius 3 is 2.74 bits per heavy atom. The van der Waals surface area contributed by atoms with Gasteiger partial charge in [-0.15, -0.1) is 11.8 Å². The number of rotatable bonds is 7. The summed E-state index contributed by atoms with van der Waals surface area (Å²) in [6.07, 6.45) is 2.23. The minimum absolute atomic E-state index is 0.0761. The minimum Gasteiger partial charge on any atom is -0.481 e. The van der Waals surface area contributed by atoms with Crippen molar-refractivity contribution >= 4 is 40.9 Å². The van der Waals surface area contributed by atoms with Crippen molar-refractivity contribution in [1.82, 2.24) is 9.78 Å². The number of halogens is 1. The second-order valence-electron chi connectivity index (χ2n) is 4.66. The Kier molecular flexibility index (Phi) is 6.06. The zero-order valence-electron chi connectivity index (χ0n) is 12.5. The molecule has 23 heavy (non-hydrogen) atoms. The molecule has 0 fully saturated rings. The molecule has 8 heteroatoms. The molecule has 0 atom stereocenters. The minimum atomic E-state index is -0.941. The van der Waals surface area contributed by atoms with E-state index in [9.17, 15) is 9.59 Å². The smallest absolute Gasteiger partial charge is 0.313 e. The van der Waals surface area contributed by atoms with E-state index in [-0.39, 0.29) is 17.4 Å². The number of aliphatic carboxylic acids is 1. The molecule has 2 rings (SSSR count). The number of thioether (sulfide) groups is 1. The van der Waals surface area contributed by atoms with Crippen LogP contribution in [0.4, 0.5) is 5.69 Å². The molecule has 0 aliphatic heterocycles. The van der Waals surface area contributed by atoms with Crippen LogP contribution in [0, 0.1) is 0 Å². The highest BCUT2D eigenvalue weighted by Crippen LogP contribution is 2.25. The highest BCUT2D eigenvalue weighted by atomic mass is 35.5. The first-order chi connectivity index (χ1) is 11.0. The molecule has 1 aromatic carbocycles. The van der Waals surface area contributed by atoms with Crippen LogP contribution in [-0.2, 0) is 16.0 Å². The molecule has 0 saturated heterocycles. The first kappa shape index (κ1) is 17.4. The van der Waals surface area contributed by atoms with E-state index in [0.29, 0.717) is 17.1 Å². The average molecular weight is 354 g/mol. The Labute approximate surface area is 142 Å². The van der Waals surface area contributed by atoms with Crippen molar-refractivity contribution in [2.24, 2.45) is 0 Å². The molecule has 0 spiro atoms. The molecular formula is C15H16ClN3O3S. The molecule has 2 N–H and O–H groups in total. The first-order valence-corrected chi connectivity index (χ1v) is 8.47. The SMILES string of the molecule is CCc1c(NC(=O)CSCC(=O)O)cnn1-c1ccccc1Cl. The zero-order valence-corrected chi connectivity index (χ0v) is 14.0. The fourth-order valence-electron chi connectivity index (χ4n) is 2.07. The van der Waals surface area contributed by atoms with Gasteiger partial charge in [0.15, 0.2) is 0 Å². The lowest BCUT2D eigenvalue weighted by Crippen LogP contribution is -2.16. The normalized spacial score (nSPS) is 10.5. The molecule has 6 nitrogen and oxygen atoms in total. The summed E-state index contributed by atoms with van der Waals surface area (Å²) >= 11 is 7.24.